The lowest BCUT2D eigenvalue weighted by Gasteiger charge is -2.22. The molecule has 0 amide bonds. The minimum absolute atomic E-state index is 0.124. The first-order valence-electron chi connectivity index (χ1n) is 14.4. The Morgan fingerprint density at radius 3 is 1.97 bits per heavy atom. The summed E-state index contributed by atoms with van der Waals surface area (Å²) in [5.74, 6) is 0.240. The summed E-state index contributed by atoms with van der Waals surface area (Å²) >= 11 is 0. The lowest BCUT2D eigenvalue weighted by Crippen LogP contribution is -2.13. The van der Waals surface area contributed by atoms with Crippen molar-refractivity contribution < 1.29 is 14.6 Å². The average Bonchev–Trinajstić information content (AvgIpc) is 2.81. The number of carbonyl (C=O) groups is 1. The largest absolute Gasteiger partial charge is 0.507 e. The van der Waals surface area contributed by atoms with E-state index >= 15 is 0 Å². The zero-order valence-corrected chi connectivity index (χ0v) is 23.6. The highest BCUT2D eigenvalue weighted by atomic mass is 16.5. The second-order valence-corrected chi connectivity index (χ2v) is 11.2. The zero-order chi connectivity index (χ0) is 25.9. The SMILES string of the molecule is CCCCCCCC/C=C\CCCCCCCCOC(=O)CCc1cc(C)c(O)c(C(C)(C)C)c1. The Kier molecular flexibility index (Phi) is 16.5. The molecule has 0 atom stereocenters. The summed E-state index contributed by atoms with van der Waals surface area (Å²) in [6.07, 6.45) is 23.7. The maximum atomic E-state index is 12.1. The predicted molar refractivity (Wildman–Crippen MR) is 150 cm³/mol. The van der Waals surface area contributed by atoms with E-state index in [2.05, 4.69) is 39.8 Å². The van der Waals surface area contributed by atoms with E-state index in [0.29, 0.717) is 25.2 Å². The van der Waals surface area contributed by atoms with Gasteiger partial charge in [-0.05, 0) is 67.6 Å². The first-order valence-corrected chi connectivity index (χ1v) is 14.4. The van der Waals surface area contributed by atoms with Gasteiger partial charge in [0.15, 0.2) is 0 Å². The quantitative estimate of drug-likeness (QED) is 0.120. The van der Waals surface area contributed by atoms with E-state index in [1.165, 1.54) is 77.0 Å². The van der Waals surface area contributed by atoms with Gasteiger partial charge >= 0.3 is 5.97 Å². The van der Waals surface area contributed by atoms with Gasteiger partial charge in [0.2, 0.25) is 0 Å². The second kappa shape index (κ2) is 18.5. The van der Waals surface area contributed by atoms with Crippen molar-refractivity contribution in [3.05, 3.63) is 41.0 Å². The Bertz CT molecular complexity index is 727. The van der Waals surface area contributed by atoms with Crippen LogP contribution in [0.3, 0.4) is 0 Å². The summed E-state index contributed by atoms with van der Waals surface area (Å²) < 4.78 is 5.44. The number of phenols is 1. The van der Waals surface area contributed by atoms with Crippen molar-refractivity contribution in [3.8, 4) is 5.75 Å². The third-order valence-corrected chi connectivity index (χ3v) is 6.71. The number of unbranched alkanes of at least 4 members (excludes halogenated alkanes) is 12. The van der Waals surface area contributed by atoms with Gasteiger partial charge in [-0.15, -0.1) is 0 Å². The van der Waals surface area contributed by atoms with Crippen LogP contribution in [0.25, 0.3) is 0 Å². The molecule has 0 bridgehead atoms. The molecule has 0 aromatic heterocycles. The Labute approximate surface area is 216 Å². The van der Waals surface area contributed by atoms with Crippen molar-refractivity contribution in [2.45, 2.75) is 143 Å². The number of hydrogen-bond acceptors (Lipinski definition) is 3. The van der Waals surface area contributed by atoms with Crippen molar-refractivity contribution in [1.82, 2.24) is 0 Å². The van der Waals surface area contributed by atoms with Crippen molar-refractivity contribution in [3.63, 3.8) is 0 Å². The fourth-order valence-corrected chi connectivity index (χ4v) is 4.42. The number of allylic oxidation sites excluding steroid dienone is 2. The molecule has 0 aliphatic carbocycles. The molecule has 0 heterocycles. The molecule has 1 aromatic rings. The lowest BCUT2D eigenvalue weighted by atomic mass is 9.83. The highest BCUT2D eigenvalue weighted by molar-refractivity contribution is 5.69. The average molecular weight is 487 g/mol. The molecule has 0 saturated heterocycles. The van der Waals surface area contributed by atoms with Gasteiger partial charge in [-0.1, -0.05) is 110 Å². The van der Waals surface area contributed by atoms with Gasteiger partial charge in [0, 0.05) is 6.42 Å². The van der Waals surface area contributed by atoms with Crippen molar-refractivity contribution in [1.29, 1.82) is 0 Å². The standard InChI is InChI=1S/C32H54O3/c1-6-7-8-9-10-11-12-13-14-15-16-17-18-19-20-21-24-35-30(33)23-22-28-25-27(2)31(34)29(26-28)32(3,4)5/h13-14,25-26,34H,6-12,15-24H2,1-5H3/b14-13-. The van der Waals surface area contributed by atoms with Gasteiger partial charge < -0.3 is 9.84 Å². The summed E-state index contributed by atoms with van der Waals surface area (Å²) in [6, 6.07) is 4.00. The molecule has 1 N–H and O–H groups in total. The molecule has 0 fully saturated rings. The van der Waals surface area contributed by atoms with Gasteiger partial charge in [0.25, 0.3) is 0 Å². The van der Waals surface area contributed by atoms with Crippen LogP contribution in [-0.4, -0.2) is 17.7 Å². The predicted octanol–water partition coefficient (Wildman–Crippen LogP) is 9.51. The molecule has 35 heavy (non-hydrogen) atoms. The Morgan fingerprint density at radius 2 is 1.40 bits per heavy atom. The molecule has 0 aliphatic rings. The fourth-order valence-electron chi connectivity index (χ4n) is 4.42. The number of aromatic hydroxyl groups is 1. The minimum Gasteiger partial charge on any atom is -0.507 e. The van der Waals surface area contributed by atoms with Crippen LogP contribution >= 0.6 is 0 Å². The molecular formula is C32H54O3. The Hall–Kier alpha value is -1.77. The first kappa shape index (κ1) is 31.3. The Morgan fingerprint density at radius 1 is 0.857 bits per heavy atom. The summed E-state index contributed by atoms with van der Waals surface area (Å²) in [5.41, 5.74) is 2.75. The number of benzene rings is 1. The molecule has 0 radical (unpaired) electrons. The van der Waals surface area contributed by atoms with Gasteiger partial charge in [-0.3, -0.25) is 4.79 Å². The van der Waals surface area contributed by atoms with Crippen LogP contribution in [0.2, 0.25) is 0 Å². The van der Waals surface area contributed by atoms with Crippen LogP contribution in [0.15, 0.2) is 24.3 Å². The minimum atomic E-state index is -0.130. The number of aryl methyl sites for hydroxylation is 2. The van der Waals surface area contributed by atoms with Gasteiger partial charge in [0.1, 0.15) is 5.75 Å². The summed E-state index contributed by atoms with van der Waals surface area (Å²) in [7, 11) is 0. The summed E-state index contributed by atoms with van der Waals surface area (Å²) in [6.45, 7) is 11.0. The number of esters is 1. The number of rotatable bonds is 19. The summed E-state index contributed by atoms with van der Waals surface area (Å²) in [4.78, 5) is 12.1. The van der Waals surface area contributed by atoms with Crippen molar-refractivity contribution in [2.75, 3.05) is 6.61 Å². The molecule has 3 nitrogen and oxygen atoms in total. The van der Waals surface area contributed by atoms with Crippen LogP contribution in [-0.2, 0) is 21.4 Å². The van der Waals surface area contributed by atoms with Gasteiger partial charge in [-0.2, -0.15) is 0 Å². The smallest absolute Gasteiger partial charge is 0.306 e. The third-order valence-electron chi connectivity index (χ3n) is 6.71. The van der Waals surface area contributed by atoms with E-state index in [9.17, 15) is 9.90 Å². The molecule has 200 valence electrons. The second-order valence-electron chi connectivity index (χ2n) is 11.2. The maximum Gasteiger partial charge on any atom is 0.306 e. The highest BCUT2D eigenvalue weighted by Gasteiger charge is 2.20. The number of carbonyl (C=O) groups excluding carboxylic acids is 1. The van der Waals surface area contributed by atoms with E-state index in [1.807, 2.05) is 19.1 Å². The number of ether oxygens (including phenoxy) is 1. The van der Waals surface area contributed by atoms with Crippen LogP contribution in [0, 0.1) is 6.92 Å². The lowest BCUT2D eigenvalue weighted by molar-refractivity contribution is -0.143. The van der Waals surface area contributed by atoms with Crippen LogP contribution in [0.4, 0.5) is 0 Å². The van der Waals surface area contributed by atoms with Crippen molar-refractivity contribution >= 4 is 5.97 Å². The van der Waals surface area contributed by atoms with E-state index in [1.54, 1.807) is 0 Å². The van der Waals surface area contributed by atoms with Crippen LogP contribution in [0.1, 0.15) is 141 Å². The first-order chi connectivity index (χ1) is 16.8. The molecular weight excluding hydrogens is 432 g/mol. The molecule has 0 unspecified atom stereocenters. The van der Waals surface area contributed by atoms with Crippen molar-refractivity contribution in [2.24, 2.45) is 0 Å². The summed E-state index contributed by atoms with van der Waals surface area (Å²) in [5, 5.41) is 10.4. The zero-order valence-electron chi connectivity index (χ0n) is 23.6. The maximum absolute atomic E-state index is 12.1. The highest BCUT2D eigenvalue weighted by Crippen LogP contribution is 2.34. The number of phenolic OH excluding ortho intramolecular Hbond substituents is 1. The number of hydrogen-bond donors (Lipinski definition) is 1. The van der Waals surface area contributed by atoms with E-state index in [0.717, 1.165) is 29.5 Å². The van der Waals surface area contributed by atoms with Crippen LogP contribution in [0.5, 0.6) is 5.75 Å². The molecule has 3 heteroatoms. The normalized spacial score (nSPS) is 11.9. The van der Waals surface area contributed by atoms with Gasteiger partial charge in [0.05, 0.1) is 6.61 Å². The molecule has 0 saturated carbocycles. The van der Waals surface area contributed by atoms with Gasteiger partial charge in [-0.25, -0.2) is 0 Å². The molecule has 0 aliphatic heterocycles. The van der Waals surface area contributed by atoms with E-state index < -0.39 is 0 Å². The molecule has 1 aromatic carbocycles. The van der Waals surface area contributed by atoms with E-state index in [-0.39, 0.29) is 11.4 Å². The fraction of sp³-hybridized carbons (Fsp3) is 0.719. The Balaban J connectivity index is 2.02. The van der Waals surface area contributed by atoms with E-state index in [4.69, 9.17) is 4.74 Å². The monoisotopic (exact) mass is 486 g/mol. The van der Waals surface area contributed by atoms with Crippen LogP contribution < -0.4 is 0 Å². The third kappa shape index (κ3) is 15.1. The topological polar surface area (TPSA) is 46.5 Å². The molecule has 1 rings (SSSR count). The molecule has 0 spiro atoms.